The molecule has 0 aliphatic rings. The highest BCUT2D eigenvalue weighted by Gasteiger charge is 2.19. The van der Waals surface area contributed by atoms with E-state index in [0.717, 1.165) is 135 Å². The van der Waals surface area contributed by atoms with Gasteiger partial charge in [0.15, 0.2) is 6.10 Å². The van der Waals surface area contributed by atoms with Crippen LogP contribution < -0.4 is 0 Å². The van der Waals surface area contributed by atoms with Crippen LogP contribution in [0.25, 0.3) is 0 Å². The van der Waals surface area contributed by atoms with E-state index in [1.54, 1.807) is 0 Å². The molecule has 0 bridgehead atoms. The summed E-state index contributed by atoms with van der Waals surface area (Å²) in [6.07, 6.45) is 85.0. The van der Waals surface area contributed by atoms with Crippen molar-refractivity contribution in [1.82, 2.24) is 0 Å². The Balaban J connectivity index is 4.51. The lowest BCUT2D eigenvalue weighted by Crippen LogP contribution is -2.30. The van der Waals surface area contributed by atoms with E-state index in [4.69, 9.17) is 14.2 Å². The van der Waals surface area contributed by atoms with Gasteiger partial charge in [0.05, 0.1) is 0 Å². The molecule has 1 unspecified atom stereocenters. The second-order valence-electron chi connectivity index (χ2n) is 17.3. The average Bonchev–Trinajstić information content (AvgIpc) is 3.37. The van der Waals surface area contributed by atoms with Crippen molar-refractivity contribution in [1.29, 1.82) is 0 Å². The number of esters is 3. The fourth-order valence-corrected chi connectivity index (χ4v) is 6.68. The van der Waals surface area contributed by atoms with E-state index in [1.807, 2.05) is 12.2 Å². The Morgan fingerprint density at radius 3 is 0.901 bits per heavy atom. The number of hydrogen-bond donors (Lipinski definition) is 0. The highest BCUT2D eigenvalue weighted by molar-refractivity contribution is 5.71. The summed E-state index contributed by atoms with van der Waals surface area (Å²) in [7, 11) is 0. The average molecular weight is 975 g/mol. The summed E-state index contributed by atoms with van der Waals surface area (Å²) in [4.78, 5) is 38.0. The van der Waals surface area contributed by atoms with Crippen LogP contribution >= 0.6 is 0 Å². The van der Waals surface area contributed by atoms with E-state index in [1.165, 1.54) is 12.8 Å². The van der Waals surface area contributed by atoms with Crippen LogP contribution in [0.5, 0.6) is 0 Å². The number of ether oxygens (including phenoxy) is 3. The molecule has 0 aliphatic heterocycles. The van der Waals surface area contributed by atoms with Gasteiger partial charge in [0, 0.05) is 19.3 Å². The van der Waals surface area contributed by atoms with Crippen molar-refractivity contribution >= 4 is 17.9 Å². The van der Waals surface area contributed by atoms with Gasteiger partial charge in [-0.05, 0) is 135 Å². The molecule has 0 saturated carbocycles. The topological polar surface area (TPSA) is 78.9 Å². The minimum atomic E-state index is -0.844. The molecule has 6 nitrogen and oxygen atoms in total. The normalized spacial score (nSPS) is 13.5. The lowest BCUT2D eigenvalue weighted by molar-refractivity contribution is -0.166. The Kier molecular flexibility index (Phi) is 53.1. The van der Waals surface area contributed by atoms with Gasteiger partial charge in [0.25, 0.3) is 0 Å². The van der Waals surface area contributed by atoms with Gasteiger partial charge in [0.1, 0.15) is 13.2 Å². The number of carbonyl (C=O) groups excluding carboxylic acids is 3. The van der Waals surface area contributed by atoms with Crippen molar-refractivity contribution in [3.05, 3.63) is 170 Å². The van der Waals surface area contributed by atoms with Crippen molar-refractivity contribution in [2.45, 2.75) is 207 Å². The van der Waals surface area contributed by atoms with Crippen molar-refractivity contribution < 1.29 is 28.6 Å². The molecular weight excluding hydrogens is 877 g/mol. The molecule has 0 aromatic carbocycles. The van der Waals surface area contributed by atoms with Crippen LogP contribution in [0.4, 0.5) is 0 Å². The first kappa shape index (κ1) is 65.8. The predicted octanol–water partition coefficient (Wildman–Crippen LogP) is 18.8. The molecule has 0 spiro atoms. The van der Waals surface area contributed by atoms with E-state index in [0.29, 0.717) is 19.3 Å². The molecule has 0 aliphatic carbocycles. The lowest BCUT2D eigenvalue weighted by atomic mass is 10.1. The highest BCUT2D eigenvalue weighted by Crippen LogP contribution is 2.12. The van der Waals surface area contributed by atoms with Gasteiger partial charge < -0.3 is 14.2 Å². The molecule has 0 radical (unpaired) electrons. The second kappa shape index (κ2) is 57.3. The first-order valence-corrected chi connectivity index (χ1v) is 27.6. The Hall–Kier alpha value is -5.23. The molecule has 394 valence electrons. The van der Waals surface area contributed by atoms with Gasteiger partial charge in [-0.25, -0.2) is 0 Å². The Labute approximate surface area is 434 Å². The van der Waals surface area contributed by atoms with Crippen molar-refractivity contribution in [3.8, 4) is 0 Å². The number of unbranched alkanes of at least 4 members (excludes halogenated alkanes) is 8. The molecule has 0 aromatic heterocycles. The number of rotatable bonds is 47. The van der Waals surface area contributed by atoms with E-state index in [-0.39, 0.29) is 44.0 Å². The molecular formula is C65H98O6. The third-order valence-corrected chi connectivity index (χ3v) is 10.7. The molecule has 6 heteroatoms. The van der Waals surface area contributed by atoms with Gasteiger partial charge >= 0.3 is 17.9 Å². The van der Waals surface area contributed by atoms with Crippen LogP contribution in [-0.2, 0) is 28.6 Å². The Morgan fingerprint density at radius 2 is 0.535 bits per heavy atom. The molecule has 71 heavy (non-hydrogen) atoms. The third-order valence-electron chi connectivity index (χ3n) is 10.7. The Morgan fingerprint density at radius 1 is 0.282 bits per heavy atom. The molecule has 1 atom stereocenters. The lowest BCUT2D eigenvalue weighted by Gasteiger charge is -2.18. The maximum Gasteiger partial charge on any atom is 0.306 e. The van der Waals surface area contributed by atoms with Crippen LogP contribution in [0.15, 0.2) is 170 Å². The van der Waals surface area contributed by atoms with Crippen molar-refractivity contribution in [2.75, 3.05) is 13.2 Å². The van der Waals surface area contributed by atoms with Crippen LogP contribution in [0.3, 0.4) is 0 Å². The fraction of sp³-hybridized carbons (Fsp3) is 0.523. The largest absolute Gasteiger partial charge is 0.462 e. The van der Waals surface area contributed by atoms with Crippen LogP contribution in [0, 0.1) is 0 Å². The monoisotopic (exact) mass is 975 g/mol. The summed E-state index contributed by atoms with van der Waals surface area (Å²) >= 11 is 0. The maximum absolute atomic E-state index is 12.8. The maximum atomic E-state index is 12.8. The molecule has 0 aromatic rings. The van der Waals surface area contributed by atoms with Crippen LogP contribution in [0.2, 0.25) is 0 Å². The minimum absolute atomic E-state index is 0.134. The van der Waals surface area contributed by atoms with Crippen LogP contribution in [0.1, 0.15) is 201 Å². The number of allylic oxidation sites excluding steroid dienone is 28. The summed E-state index contributed by atoms with van der Waals surface area (Å²) in [5, 5.41) is 0. The van der Waals surface area contributed by atoms with E-state index >= 15 is 0 Å². The summed E-state index contributed by atoms with van der Waals surface area (Å²) < 4.78 is 16.7. The minimum Gasteiger partial charge on any atom is -0.462 e. The van der Waals surface area contributed by atoms with Gasteiger partial charge in [0.2, 0.25) is 0 Å². The zero-order valence-corrected chi connectivity index (χ0v) is 44.9. The highest BCUT2D eigenvalue weighted by atomic mass is 16.6. The number of carbonyl (C=O) groups is 3. The van der Waals surface area contributed by atoms with Crippen LogP contribution in [-0.4, -0.2) is 37.2 Å². The molecule has 0 N–H and O–H groups in total. The van der Waals surface area contributed by atoms with E-state index < -0.39 is 6.10 Å². The first-order valence-electron chi connectivity index (χ1n) is 27.6. The molecule has 0 fully saturated rings. The predicted molar refractivity (Wildman–Crippen MR) is 306 cm³/mol. The first-order chi connectivity index (χ1) is 35.0. The summed E-state index contributed by atoms with van der Waals surface area (Å²) in [6.45, 7) is 6.15. The summed E-state index contributed by atoms with van der Waals surface area (Å²) in [6, 6.07) is 0. The van der Waals surface area contributed by atoms with Crippen molar-refractivity contribution in [3.63, 3.8) is 0 Å². The van der Waals surface area contributed by atoms with Gasteiger partial charge in [-0.2, -0.15) is 0 Å². The second-order valence-corrected chi connectivity index (χ2v) is 17.3. The smallest absolute Gasteiger partial charge is 0.306 e. The molecule has 0 heterocycles. The molecule has 0 amide bonds. The van der Waals surface area contributed by atoms with Gasteiger partial charge in [-0.3, -0.25) is 14.4 Å². The Bertz CT molecular complexity index is 1690. The number of hydrogen-bond acceptors (Lipinski definition) is 6. The SMILES string of the molecule is CC/C=C\C/C=C\C/C=C\C/C=C\C/C=C\C/C=C\CCCCCCCCC(=O)OCC(COC(=O)CC/C=C\C/C=C\C/C=C\C/C=C\CC)OC(=O)CCCC/C=C\C/C=C\C/C=C\C/C=C\CC. The molecule has 0 rings (SSSR count). The summed E-state index contributed by atoms with van der Waals surface area (Å²) in [5.74, 6) is -1.09. The van der Waals surface area contributed by atoms with Gasteiger partial charge in [-0.1, -0.05) is 217 Å². The third kappa shape index (κ3) is 55.6. The summed E-state index contributed by atoms with van der Waals surface area (Å²) in [5.41, 5.74) is 0. The zero-order chi connectivity index (χ0) is 51.4. The van der Waals surface area contributed by atoms with Crippen molar-refractivity contribution in [2.24, 2.45) is 0 Å². The standard InChI is InChI=1S/C65H98O6/c1-4-7-10-13-16-19-22-25-27-28-29-30-31-32-33-34-35-36-38-40-43-46-49-52-55-58-64(67)70-61-62(60-69-63(66)57-54-51-48-45-42-39-24-21-18-15-12-9-6-3)71-65(68)59-56-53-50-47-44-41-37-26-23-20-17-14-11-8-5-2/h7-12,16-21,25-27,29-30,32-33,35-37,39,42,44,47-48,51,62H,4-6,13-15,22-24,28,31,34,38,40-41,43,45-46,49-50,52-61H2,1-3H3/b10-7-,11-8-,12-9-,19-16-,20-17-,21-18-,27-25-,30-29-,33-32-,36-35-,37-26-,42-39-,47-44-,51-48-. The fourth-order valence-electron chi connectivity index (χ4n) is 6.68. The van der Waals surface area contributed by atoms with E-state index in [2.05, 4.69) is 179 Å². The zero-order valence-electron chi connectivity index (χ0n) is 44.9. The van der Waals surface area contributed by atoms with E-state index in [9.17, 15) is 14.4 Å². The van der Waals surface area contributed by atoms with Gasteiger partial charge in [-0.15, -0.1) is 0 Å². The molecule has 0 saturated heterocycles. The quantitative estimate of drug-likeness (QED) is 0.0262.